The molecule has 5 nitrogen and oxygen atoms in total. The fourth-order valence-electron chi connectivity index (χ4n) is 2.02. The van der Waals surface area contributed by atoms with E-state index in [1.54, 1.807) is 11.7 Å². The fraction of sp³-hybridized carbons (Fsp3) is 0.636. The van der Waals surface area contributed by atoms with Crippen molar-refractivity contribution >= 4 is 0 Å². The number of hydrogen-bond donors (Lipinski definition) is 1. The summed E-state index contributed by atoms with van der Waals surface area (Å²) in [6.45, 7) is 3.80. The second-order valence-electron chi connectivity index (χ2n) is 3.88. The summed E-state index contributed by atoms with van der Waals surface area (Å²) in [4.78, 5) is 16.7. The quantitative estimate of drug-likeness (QED) is 0.787. The zero-order valence-electron chi connectivity index (χ0n) is 9.75. The van der Waals surface area contributed by atoms with Gasteiger partial charge in [0.05, 0.1) is 11.3 Å². The van der Waals surface area contributed by atoms with Gasteiger partial charge in [-0.05, 0) is 0 Å². The smallest absolute Gasteiger partial charge is 0.260 e. The largest absolute Gasteiger partial charge is 0.364 e. The molecule has 0 bridgehead atoms. The summed E-state index contributed by atoms with van der Waals surface area (Å²) in [5, 5.41) is 3.19. The Morgan fingerprint density at radius 2 is 2.38 bits per heavy atom. The first kappa shape index (κ1) is 11.3. The van der Waals surface area contributed by atoms with Crippen molar-refractivity contribution in [1.82, 2.24) is 14.9 Å². The minimum Gasteiger partial charge on any atom is -0.364 e. The Kier molecular flexibility index (Phi) is 3.36. The summed E-state index contributed by atoms with van der Waals surface area (Å²) in [5.74, 6) is 0.813. The number of ether oxygens (including phenoxy) is 1. The molecule has 0 amide bonds. The molecule has 1 aromatic rings. The Hall–Kier alpha value is -1.20. The molecule has 2 heterocycles. The van der Waals surface area contributed by atoms with Crippen LogP contribution in [0.25, 0.3) is 0 Å². The number of methoxy groups -OCH3 is 1. The lowest BCUT2D eigenvalue weighted by molar-refractivity contribution is 0.124. The standard InChI is InChI=1S/C11H17N3O2/c1-3-10-13-9-4-5-12-6-8(9)11(15)14(10)7-16-2/h12H,3-7H2,1-2H3. The maximum absolute atomic E-state index is 12.2. The van der Waals surface area contributed by atoms with E-state index in [0.717, 1.165) is 36.5 Å². The lowest BCUT2D eigenvalue weighted by Crippen LogP contribution is -2.37. The molecule has 0 radical (unpaired) electrons. The predicted octanol–water partition coefficient (Wildman–Crippen LogP) is 0.0553. The third-order valence-electron chi connectivity index (χ3n) is 2.84. The highest BCUT2D eigenvalue weighted by atomic mass is 16.5. The van der Waals surface area contributed by atoms with Gasteiger partial charge in [0, 0.05) is 33.0 Å². The van der Waals surface area contributed by atoms with Crippen LogP contribution in [0.15, 0.2) is 4.79 Å². The van der Waals surface area contributed by atoms with Crippen LogP contribution >= 0.6 is 0 Å². The maximum Gasteiger partial charge on any atom is 0.260 e. The molecule has 1 N–H and O–H groups in total. The summed E-state index contributed by atoms with van der Waals surface area (Å²) < 4.78 is 6.66. The third kappa shape index (κ3) is 1.88. The van der Waals surface area contributed by atoms with Gasteiger partial charge in [0.25, 0.3) is 5.56 Å². The first-order valence-corrected chi connectivity index (χ1v) is 5.59. The van der Waals surface area contributed by atoms with Gasteiger partial charge < -0.3 is 10.1 Å². The average molecular weight is 223 g/mol. The molecule has 0 fully saturated rings. The summed E-state index contributed by atoms with van der Waals surface area (Å²) >= 11 is 0. The normalized spacial score (nSPS) is 14.9. The van der Waals surface area contributed by atoms with Gasteiger partial charge in [-0.3, -0.25) is 9.36 Å². The van der Waals surface area contributed by atoms with Crippen LogP contribution in [0.3, 0.4) is 0 Å². The van der Waals surface area contributed by atoms with Crippen LogP contribution in [-0.2, 0) is 30.9 Å². The van der Waals surface area contributed by atoms with Gasteiger partial charge >= 0.3 is 0 Å². The van der Waals surface area contributed by atoms with Gasteiger partial charge in [0.2, 0.25) is 0 Å². The van der Waals surface area contributed by atoms with E-state index in [1.165, 1.54) is 0 Å². The lowest BCUT2D eigenvalue weighted by Gasteiger charge is -2.19. The number of aryl methyl sites for hydroxylation is 1. The zero-order valence-corrected chi connectivity index (χ0v) is 9.75. The van der Waals surface area contributed by atoms with Gasteiger partial charge in [-0.25, -0.2) is 4.98 Å². The number of fused-ring (bicyclic) bond motifs is 1. The molecule has 0 aliphatic carbocycles. The lowest BCUT2D eigenvalue weighted by atomic mass is 10.1. The van der Waals surface area contributed by atoms with E-state index in [-0.39, 0.29) is 12.3 Å². The fourth-order valence-corrected chi connectivity index (χ4v) is 2.02. The van der Waals surface area contributed by atoms with E-state index in [1.807, 2.05) is 6.92 Å². The molecule has 0 aromatic carbocycles. The van der Waals surface area contributed by atoms with E-state index in [0.29, 0.717) is 6.54 Å². The van der Waals surface area contributed by atoms with Crippen LogP contribution < -0.4 is 10.9 Å². The third-order valence-corrected chi connectivity index (χ3v) is 2.84. The molecule has 0 saturated carbocycles. The monoisotopic (exact) mass is 223 g/mol. The Bertz CT molecular complexity index is 440. The first-order chi connectivity index (χ1) is 7.77. The topological polar surface area (TPSA) is 56.2 Å². The molecule has 0 saturated heterocycles. The highest BCUT2D eigenvalue weighted by molar-refractivity contribution is 5.21. The van der Waals surface area contributed by atoms with Crippen molar-refractivity contribution < 1.29 is 4.74 Å². The van der Waals surface area contributed by atoms with E-state index in [2.05, 4.69) is 10.3 Å². The Labute approximate surface area is 94.5 Å². The molecule has 1 aromatic heterocycles. The number of aromatic nitrogens is 2. The molecule has 88 valence electrons. The summed E-state index contributed by atoms with van der Waals surface area (Å²) in [6.07, 6.45) is 1.59. The molecule has 0 unspecified atom stereocenters. The summed E-state index contributed by atoms with van der Waals surface area (Å²) in [5.41, 5.74) is 1.78. The van der Waals surface area contributed by atoms with Crippen molar-refractivity contribution in [2.45, 2.75) is 33.0 Å². The molecule has 1 aliphatic heterocycles. The van der Waals surface area contributed by atoms with E-state index in [4.69, 9.17) is 4.74 Å². The van der Waals surface area contributed by atoms with Gasteiger partial charge in [0.15, 0.2) is 0 Å². The van der Waals surface area contributed by atoms with E-state index < -0.39 is 0 Å². The number of rotatable bonds is 3. The van der Waals surface area contributed by atoms with Crippen LogP contribution in [0, 0.1) is 0 Å². The molecule has 0 atom stereocenters. The van der Waals surface area contributed by atoms with Gasteiger partial charge in [-0.1, -0.05) is 6.92 Å². The minimum absolute atomic E-state index is 0.0379. The number of nitrogens with one attached hydrogen (secondary N) is 1. The van der Waals surface area contributed by atoms with Crippen molar-refractivity contribution in [1.29, 1.82) is 0 Å². The highest BCUT2D eigenvalue weighted by Gasteiger charge is 2.17. The van der Waals surface area contributed by atoms with Crippen LogP contribution in [0.5, 0.6) is 0 Å². The Balaban J connectivity index is 2.55. The second kappa shape index (κ2) is 4.76. The first-order valence-electron chi connectivity index (χ1n) is 5.59. The number of hydrogen-bond acceptors (Lipinski definition) is 4. The van der Waals surface area contributed by atoms with Gasteiger partial charge in [-0.2, -0.15) is 0 Å². The van der Waals surface area contributed by atoms with Crippen molar-refractivity contribution in [3.8, 4) is 0 Å². The number of nitrogens with zero attached hydrogens (tertiary/aromatic N) is 2. The molecule has 1 aliphatic rings. The molecule has 5 heteroatoms. The van der Waals surface area contributed by atoms with Crippen LogP contribution in [0.4, 0.5) is 0 Å². The SMILES string of the molecule is CCc1nc2c(c(=O)n1COC)CNCC2. The van der Waals surface area contributed by atoms with Crippen molar-refractivity contribution in [2.24, 2.45) is 0 Å². The minimum atomic E-state index is 0.0379. The predicted molar refractivity (Wildman–Crippen MR) is 60.3 cm³/mol. The van der Waals surface area contributed by atoms with Crippen molar-refractivity contribution in [3.63, 3.8) is 0 Å². The van der Waals surface area contributed by atoms with Crippen LogP contribution in [0.2, 0.25) is 0 Å². The Morgan fingerprint density at radius 1 is 1.56 bits per heavy atom. The van der Waals surface area contributed by atoms with Crippen molar-refractivity contribution in [2.75, 3.05) is 13.7 Å². The maximum atomic E-state index is 12.2. The molecule has 2 rings (SSSR count). The Morgan fingerprint density at radius 3 is 3.06 bits per heavy atom. The second-order valence-corrected chi connectivity index (χ2v) is 3.88. The van der Waals surface area contributed by atoms with Crippen LogP contribution in [-0.4, -0.2) is 23.2 Å². The average Bonchev–Trinajstić information content (AvgIpc) is 2.33. The molecular formula is C11H17N3O2. The summed E-state index contributed by atoms with van der Waals surface area (Å²) in [7, 11) is 1.59. The van der Waals surface area contributed by atoms with Crippen molar-refractivity contribution in [3.05, 3.63) is 27.4 Å². The molecular weight excluding hydrogens is 206 g/mol. The molecule has 0 spiro atoms. The highest BCUT2D eigenvalue weighted by Crippen LogP contribution is 2.08. The van der Waals surface area contributed by atoms with Gasteiger partial charge in [-0.15, -0.1) is 0 Å². The van der Waals surface area contributed by atoms with Crippen LogP contribution in [0.1, 0.15) is 24.0 Å². The zero-order chi connectivity index (χ0) is 11.5. The summed E-state index contributed by atoms with van der Waals surface area (Å²) in [6, 6.07) is 0. The van der Waals surface area contributed by atoms with E-state index in [9.17, 15) is 4.79 Å². The molecule has 16 heavy (non-hydrogen) atoms. The van der Waals surface area contributed by atoms with E-state index >= 15 is 0 Å². The van der Waals surface area contributed by atoms with Gasteiger partial charge in [0.1, 0.15) is 12.6 Å².